The lowest BCUT2D eigenvalue weighted by atomic mass is 10.2. The number of nitrogen functional groups attached to an aromatic ring is 1. The lowest BCUT2D eigenvalue weighted by Crippen LogP contribution is -2.00. The van der Waals surface area contributed by atoms with Gasteiger partial charge in [0.15, 0.2) is 0 Å². The number of fused-ring (bicyclic) bond motifs is 1. The van der Waals surface area contributed by atoms with Crippen molar-refractivity contribution in [1.82, 2.24) is 15.0 Å². The highest BCUT2D eigenvalue weighted by Gasteiger charge is 2.04. The fourth-order valence-electron chi connectivity index (χ4n) is 2.53. The molecule has 130 valence electrons. The van der Waals surface area contributed by atoms with E-state index in [9.17, 15) is 5.11 Å². The zero-order chi connectivity index (χ0) is 17.9. The van der Waals surface area contributed by atoms with Crippen molar-refractivity contribution in [3.05, 3.63) is 66.4 Å². The average Bonchev–Trinajstić information content (AvgIpc) is 3.05. The molecule has 7 nitrogen and oxygen atoms in total. The molecule has 2 aromatic heterocycles. The monoisotopic (exact) mass is 347 g/mol. The van der Waals surface area contributed by atoms with Crippen LogP contribution in [0.5, 0.6) is 17.4 Å². The summed E-state index contributed by atoms with van der Waals surface area (Å²) in [7, 11) is 0. The van der Waals surface area contributed by atoms with E-state index < -0.39 is 0 Å². The van der Waals surface area contributed by atoms with Crippen LogP contribution in [0.3, 0.4) is 0 Å². The molecule has 0 aliphatic carbocycles. The summed E-state index contributed by atoms with van der Waals surface area (Å²) >= 11 is 0. The molecule has 26 heavy (non-hydrogen) atoms. The van der Waals surface area contributed by atoms with E-state index >= 15 is 0 Å². The maximum atomic E-state index is 9.23. The van der Waals surface area contributed by atoms with Crippen LogP contribution in [0.4, 0.5) is 11.6 Å². The maximum absolute atomic E-state index is 9.23. The van der Waals surface area contributed by atoms with Gasteiger partial charge in [0.1, 0.15) is 11.5 Å². The van der Waals surface area contributed by atoms with E-state index in [0.29, 0.717) is 29.8 Å². The third kappa shape index (κ3) is 3.51. The maximum Gasteiger partial charge on any atom is 0.219 e. The van der Waals surface area contributed by atoms with Gasteiger partial charge in [-0.15, -0.1) is 0 Å². The zero-order valence-electron chi connectivity index (χ0n) is 13.8. The normalized spacial score (nSPS) is 10.8. The third-order valence-electron chi connectivity index (χ3n) is 3.83. The van der Waals surface area contributed by atoms with Crippen molar-refractivity contribution in [3.63, 3.8) is 0 Å². The Balaban J connectivity index is 1.39. The second-order valence-electron chi connectivity index (χ2n) is 5.82. The Morgan fingerprint density at radius 2 is 1.92 bits per heavy atom. The summed E-state index contributed by atoms with van der Waals surface area (Å²) < 4.78 is 5.63. The van der Waals surface area contributed by atoms with E-state index in [1.165, 1.54) is 12.3 Å². The number of imidazole rings is 1. The van der Waals surface area contributed by atoms with E-state index in [0.717, 1.165) is 16.6 Å². The molecule has 0 saturated heterocycles. The number of aromatic hydroxyl groups is 1. The molecule has 2 heterocycles. The van der Waals surface area contributed by atoms with Crippen LogP contribution in [-0.4, -0.2) is 20.1 Å². The van der Waals surface area contributed by atoms with E-state index in [4.69, 9.17) is 10.5 Å². The molecule has 0 atom stereocenters. The quantitative estimate of drug-likeness (QED) is 0.410. The number of ether oxygens (including phenoxy) is 1. The van der Waals surface area contributed by atoms with Crippen LogP contribution in [0.25, 0.3) is 11.0 Å². The Bertz CT molecular complexity index is 1030. The molecule has 0 fully saturated rings. The number of nitrogens with two attached hydrogens (primary N) is 1. The highest BCUT2D eigenvalue weighted by atomic mass is 16.5. The van der Waals surface area contributed by atoms with Crippen molar-refractivity contribution >= 4 is 22.7 Å². The number of nitrogens with zero attached hydrogens (tertiary/aromatic N) is 2. The molecule has 0 saturated carbocycles. The van der Waals surface area contributed by atoms with Crippen LogP contribution in [0.2, 0.25) is 0 Å². The summed E-state index contributed by atoms with van der Waals surface area (Å²) in [6.07, 6.45) is 1.34. The second-order valence-corrected chi connectivity index (χ2v) is 5.82. The van der Waals surface area contributed by atoms with Crippen LogP contribution >= 0.6 is 0 Å². The van der Waals surface area contributed by atoms with Gasteiger partial charge in [-0.05, 0) is 42.0 Å². The number of H-pyrrole nitrogens is 1. The van der Waals surface area contributed by atoms with E-state index in [2.05, 4.69) is 20.3 Å². The van der Waals surface area contributed by atoms with Crippen LogP contribution < -0.4 is 15.8 Å². The zero-order valence-corrected chi connectivity index (χ0v) is 13.8. The molecule has 5 N–H and O–H groups in total. The number of benzene rings is 2. The summed E-state index contributed by atoms with van der Waals surface area (Å²) in [6.45, 7) is 0.618. The van der Waals surface area contributed by atoms with Crippen LogP contribution in [0, 0.1) is 0 Å². The molecule has 0 bridgehead atoms. The minimum absolute atomic E-state index is 0.104. The van der Waals surface area contributed by atoms with Gasteiger partial charge in [-0.1, -0.05) is 12.1 Å². The minimum Gasteiger partial charge on any atom is -0.506 e. The average molecular weight is 347 g/mol. The topological polar surface area (TPSA) is 109 Å². The molecule has 4 rings (SSSR count). The van der Waals surface area contributed by atoms with E-state index in [1.54, 1.807) is 6.07 Å². The van der Waals surface area contributed by atoms with Gasteiger partial charge in [0.2, 0.25) is 11.8 Å². The number of aromatic amines is 1. The van der Waals surface area contributed by atoms with Crippen molar-refractivity contribution in [2.24, 2.45) is 0 Å². The largest absolute Gasteiger partial charge is 0.506 e. The van der Waals surface area contributed by atoms with Crippen molar-refractivity contribution in [2.75, 3.05) is 11.1 Å². The van der Waals surface area contributed by atoms with Gasteiger partial charge in [-0.2, -0.15) is 0 Å². The molecule has 0 radical (unpaired) electrons. The van der Waals surface area contributed by atoms with Crippen LogP contribution in [0.15, 0.2) is 60.8 Å². The molecule has 0 unspecified atom stereocenters. The summed E-state index contributed by atoms with van der Waals surface area (Å²) in [6, 6.07) is 16.4. The lowest BCUT2D eigenvalue weighted by molar-refractivity contribution is 0.447. The molecule has 7 heteroatoms. The Hall–Kier alpha value is -3.74. The summed E-state index contributed by atoms with van der Waals surface area (Å²) in [5.74, 6) is 1.90. The molecule has 0 spiro atoms. The number of hydrogen-bond donors (Lipinski definition) is 4. The van der Waals surface area contributed by atoms with Gasteiger partial charge in [-0.25, -0.2) is 9.97 Å². The standard InChI is InChI=1S/C19H17N5O2/c20-13-3-7-16-17(9-13)24-19(23-16)22-10-12-1-5-15(6-2-12)26-18-8-4-14(25)11-21-18/h1-9,11,25H,10,20H2,(H2,22,23,24). The first-order valence-electron chi connectivity index (χ1n) is 8.07. The first-order valence-corrected chi connectivity index (χ1v) is 8.07. The van der Waals surface area contributed by atoms with Crippen molar-refractivity contribution in [2.45, 2.75) is 6.54 Å². The van der Waals surface area contributed by atoms with E-state index in [-0.39, 0.29) is 5.75 Å². The number of nitrogens with one attached hydrogen (secondary N) is 2. The number of hydrogen-bond acceptors (Lipinski definition) is 6. The number of anilines is 2. The van der Waals surface area contributed by atoms with Crippen LogP contribution in [0.1, 0.15) is 5.56 Å². The Kier molecular flexibility index (Phi) is 4.03. The van der Waals surface area contributed by atoms with Gasteiger partial charge in [0.25, 0.3) is 0 Å². The minimum atomic E-state index is 0.104. The number of aromatic nitrogens is 3. The number of pyridine rings is 1. The summed E-state index contributed by atoms with van der Waals surface area (Å²) in [4.78, 5) is 11.7. The molecular weight excluding hydrogens is 330 g/mol. The van der Waals surface area contributed by atoms with Crippen molar-refractivity contribution in [3.8, 4) is 17.4 Å². The predicted molar refractivity (Wildman–Crippen MR) is 100 cm³/mol. The van der Waals surface area contributed by atoms with Gasteiger partial charge >= 0.3 is 0 Å². The smallest absolute Gasteiger partial charge is 0.219 e. The third-order valence-corrected chi connectivity index (χ3v) is 3.83. The number of rotatable bonds is 5. The Morgan fingerprint density at radius 1 is 1.08 bits per heavy atom. The van der Waals surface area contributed by atoms with Gasteiger partial charge in [-0.3, -0.25) is 0 Å². The molecule has 4 aromatic rings. The van der Waals surface area contributed by atoms with Gasteiger partial charge in [0.05, 0.1) is 17.2 Å². The van der Waals surface area contributed by atoms with Crippen LogP contribution in [-0.2, 0) is 6.54 Å². The fourth-order valence-corrected chi connectivity index (χ4v) is 2.53. The molecular formula is C19H17N5O2. The highest BCUT2D eigenvalue weighted by Crippen LogP contribution is 2.22. The predicted octanol–water partition coefficient (Wildman–Crippen LogP) is 3.65. The van der Waals surface area contributed by atoms with Gasteiger partial charge in [0, 0.05) is 18.3 Å². The summed E-state index contributed by atoms with van der Waals surface area (Å²) in [5, 5.41) is 12.5. The van der Waals surface area contributed by atoms with Crippen molar-refractivity contribution in [1.29, 1.82) is 0 Å². The first-order chi connectivity index (χ1) is 12.7. The highest BCUT2D eigenvalue weighted by molar-refractivity contribution is 5.80. The molecule has 2 aromatic carbocycles. The van der Waals surface area contributed by atoms with Gasteiger partial charge < -0.3 is 25.9 Å². The molecule has 0 aliphatic heterocycles. The summed E-state index contributed by atoms with van der Waals surface area (Å²) in [5.41, 5.74) is 9.33. The molecule has 0 amide bonds. The Labute approximate surface area is 149 Å². The second kappa shape index (κ2) is 6.64. The van der Waals surface area contributed by atoms with Crippen molar-refractivity contribution < 1.29 is 9.84 Å². The first kappa shape index (κ1) is 15.8. The fraction of sp³-hybridized carbons (Fsp3) is 0.0526. The SMILES string of the molecule is Nc1ccc2nc(NCc3ccc(Oc4ccc(O)cn4)cc3)[nH]c2c1. The van der Waals surface area contributed by atoms with E-state index in [1.807, 2.05) is 42.5 Å². The Morgan fingerprint density at radius 3 is 2.69 bits per heavy atom. The molecule has 0 aliphatic rings. The lowest BCUT2D eigenvalue weighted by Gasteiger charge is -2.07.